The highest BCUT2D eigenvalue weighted by atomic mass is 19.4. The minimum atomic E-state index is -4.54. The van der Waals surface area contributed by atoms with Crippen molar-refractivity contribution in [1.82, 2.24) is 0 Å². The lowest BCUT2D eigenvalue weighted by Gasteiger charge is -2.37. The summed E-state index contributed by atoms with van der Waals surface area (Å²) in [5, 5.41) is 2.26. The Bertz CT molecular complexity index is 1850. The van der Waals surface area contributed by atoms with Gasteiger partial charge in [-0.25, -0.2) is 0 Å². The van der Waals surface area contributed by atoms with Gasteiger partial charge in [0.25, 0.3) is 0 Å². The van der Waals surface area contributed by atoms with Crippen molar-refractivity contribution >= 4 is 16.3 Å². The molecular weight excluding hydrogens is 539 g/mol. The van der Waals surface area contributed by atoms with Crippen LogP contribution in [0, 0.1) is 0 Å². The number of hydrogen-bond acceptors (Lipinski definition) is 0. The van der Waals surface area contributed by atoms with Crippen LogP contribution in [-0.2, 0) is 17.1 Å². The van der Waals surface area contributed by atoms with Gasteiger partial charge in [0.15, 0.2) is 11.7 Å². The normalized spacial score (nSPS) is 14.5. The van der Waals surface area contributed by atoms with Crippen LogP contribution in [0.4, 0.5) is 13.2 Å². The second kappa shape index (κ2) is 10.2. The summed E-state index contributed by atoms with van der Waals surface area (Å²) in [6.45, 7) is 15.2. The minimum Gasteiger partial charge on any atom is -0.188 e. The molecule has 4 aromatic carbocycles. The highest BCUT2D eigenvalue weighted by Crippen LogP contribution is 2.50. The predicted molar refractivity (Wildman–Crippen MR) is 172 cm³/mol. The van der Waals surface area contributed by atoms with E-state index in [1.807, 2.05) is 66.9 Å². The van der Waals surface area contributed by atoms with Crippen LogP contribution in [0.5, 0.6) is 0 Å². The fourth-order valence-electron chi connectivity index (χ4n) is 6.97. The van der Waals surface area contributed by atoms with Gasteiger partial charge in [0.1, 0.15) is 5.56 Å². The lowest BCUT2D eigenvalue weighted by Crippen LogP contribution is -2.59. The Hall–Kier alpha value is -4.18. The lowest BCUT2D eigenvalue weighted by molar-refractivity contribution is -0.742. The number of aromatic nitrogens is 1. The third kappa shape index (κ3) is 4.59. The molecule has 2 heterocycles. The van der Waals surface area contributed by atoms with E-state index in [4.69, 9.17) is 0 Å². The maximum absolute atomic E-state index is 14.9. The summed E-state index contributed by atoms with van der Waals surface area (Å²) in [7, 11) is 0. The van der Waals surface area contributed by atoms with E-state index in [9.17, 15) is 13.2 Å². The molecule has 1 aliphatic heterocycles. The molecule has 1 aliphatic rings. The molecular formula is C39H37F3N+. The topological polar surface area (TPSA) is 3.88 Å². The number of hydrogen-bond donors (Lipinski definition) is 0. The van der Waals surface area contributed by atoms with Crippen LogP contribution in [0.15, 0.2) is 104 Å². The Morgan fingerprint density at radius 2 is 1.23 bits per heavy atom. The van der Waals surface area contributed by atoms with Crippen molar-refractivity contribution in [3.05, 3.63) is 120 Å². The molecule has 4 heteroatoms. The number of alkyl halides is 3. The van der Waals surface area contributed by atoms with Gasteiger partial charge in [-0.2, -0.15) is 17.7 Å². The molecule has 6 rings (SSSR count). The molecule has 1 aromatic heterocycles. The molecule has 0 fully saturated rings. The fourth-order valence-corrected chi connectivity index (χ4v) is 6.97. The van der Waals surface area contributed by atoms with Crippen molar-refractivity contribution in [2.24, 2.45) is 0 Å². The number of allylic oxidation sites excluding steroid dienone is 1. The number of pyridine rings is 1. The van der Waals surface area contributed by atoms with Gasteiger partial charge < -0.3 is 0 Å². The Morgan fingerprint density at radius 3 is 1.81 bits per heavy atom. The molecule has 0 saturated carbocycles. The molecule has 0 radical (unpaired) electrons. The quantitative estimate of drug-likeness (QED) is 0.187. The van der Waals surface area contributed by atoms with Crippen LogP contribution in [0.2, 0.25) is 0 Å². The van der Waals surface area contributed by atoms with Crippen molar-refractivity contribution in [2.75, 3.05) is 0 Å². The van der Waals surface area contributed by atoms with E-state index in [2.05, 4.69) is 51.6 Å². The van der Waals surface area contributed by atoms with Crippen molar-refractivity contribution in [3.8, 4) is 33.5 Å². The molecule has 0 amide bonds. The van der Waals surface area contributed by atoms with Gasteiger partial charge in [-0.3, -0.25) is 0 Å². The molecule has 0 atom stereocenters. The predicted octanol–water partition coefficient (Wildman–Crippen LogP) is 11.0. The minimum absolute atomic E-state index is 0.174. The summed E-state index contributed by atoms with van der Waals surface area (Å²) in [4.78, 5) is 0. The largest absolute Gasteiger partial charge is 0.422 e. The van der Waals surface area contributed by atoms with Gasteiger partial charge in [-0.1, -0.05) is 120 Å². The van der Waals surface area contributed by atoms with Gasteiger partial charge in [-0.05, 0) is 44.5 Å². The Balaban J connectivity index is 1.70. The van der Waals surface area contributed by atoms with E-state index >= 15 is 0 Å². The van der Waals surface area contributed by atoms with Gasteiger partial charge in [0.2, 0.25) is 5.69 Å². The van der Waals surface area contributed by atoms with Crippen molar-refractivity contribution in [1.29, 1.82) is 0 Å². The molecule has 0 aliphatic carbocycles. The molecule has 5 aromatic rings. The summed E-state index contributed by atoms with van der Waals surface area (Å²) in [5.74, 6) is 0. The summed E-state index contributed by atoms with van der Waals surface area (Å²) >= 11 is 0. The van der Waals surface area contributed by atoms with Gasteiger partial charge >= 0.3 is 6.18 Å². The van der Waals surface area contributed by atoms with Crippen LogP contribution in [0.3, 0.4) is 0 Å². The molecule has 0 unspecified atom stereocenters. The van der Waals surface area contributed by atoms with Gasteiger partial charge in [-0.15, -0.1) is 0 Å². The maximum Gasteiger partial charge on any atom is 0.422 e. The second-order valence-electron chi connectivity index (χ2n) is 12.7. The first kappa shape index (κ1) is 28.9. The standard InChI is InChI=1S/C39H37F3N/c1-7-38(8-2)25(3)36-30-17-13-12-16-29(30)33(37(4,5)6)22-32(36)35-23-31(34(24-43(35)38)39(40,41)42)28-20-18-27(19-21-28)26-14-10-9-11-15-26/h9-24H,3,7-8H2,1-2,4-6H3/q+1. The molecule has 218 valence electrons. The number of halogens is 3. The number of nitrogens with zero attached hydrogens (tertiary/aromatic N) is 1. The number of fused-ring (bicyclic) bond motifs is 5. The second-order valence-corrected chi connectivity index (χ2v) is 12.7. The van der Waals surface area contributed by atoms with Crippen molar-refractivity contribution in [2.45, 2.75) is 64.6 Å². The molecule has 0 spiro atoms. The highest BCUT2D eigenvalue weighted by molar-refractivity contribution is 6.03. The zero-order valence-corrected chi connectivity index (χ0v) is 25.4. The first-order chi connectivity index (χ1) is 20.4. The highest BCUT2D eigenvalue weighted by Gasteiger charge is 2.50. The van der Waals surface area contributed by atoms with E-state index in [1.54, 1.807) is 18.2 Å². The SMILES string of the molecule is C=C1c2c(cc(C(C)(C)C)c3ccccc23)-c2cc(-c3ccc(-c4ccccc4)cc3)c(C(F)(F)F)c[n+]2C1(CC)CC. The summed E-state index contributed by atoms with van der Waals surface area (Å²) in [6.07, 6.45) is -1.94. The molecule has 1 nitrogen and oxygen atoms in total. The summed E-state index contributed by atoms with van der Waals surface area (Å²) in [6, 6.07) is 29.6. The Morgan fingerprint density at radius 1 is 0.674 bits per heavy atom. The average Bonchev–Trinajstić information content (AvgIpc) is 3.00. The Labute approximate surface area is 252 Å². The third-order valence-electron chi connectivity index (χ3n) is 9.32. The van der Waals surface area contributed by atoms with Crippen molar-refractivity contribution in [3.63, 3.8) is 0 Å². The lowest BCUT2D eigenvalue weighted by atomic mass is 9.71. The summed E-state index contributed by atoms with van der Waals surface area (Å²) < 4.78 is 46.6. The van der Waals surface area contributed by atoms with E-state index in [0.717, 1.165) is 49.9 Å². The van der Waals surface area contributed by atoms with Crippen LogP contribution in [0.1, 0.15) is 64.2 Å². The van der Waals surface area contributed by atoms with Crippen LogP contribution >= 0.6 is 0 Å². The van der Waals surface area contributed by atoms with Crippen LogP contribution in [0.25, 0.3) is 49.9 Å². The van der Waals surface area contributed by atoms with E-state index in [1.165, 1.54) is 6.20 Å². The smallest absolute Gasteiger partial charge is 0.188 e. The molecule has 43 heavy (non-hydrogen) atoms. The zero-order valence-electron chi connectivity index (χ0n) is 25.4. The van der Waals surface area contributed by atoms with Crippen molar-refractivity contribution < 1.29 is 17.7 Å². The van der Waals surface area contributed by atoms with Gasteiger partial charge in [0.05, 0.1) is 5.56 Å². The Kier molecular flexibility index (Phi) is 6.87. The first-order valence-electron chi connectivity index (χ1n) is 15.0. The zero-order chi connectivity index (χ0) is 30.7. The third-order valence-corrected chi connectivity index (χ3v) is 9.32. The number of benzene rings is 4. The molecule has 0 N–H and O–H groups in total. The van der Waals surface area contributed by atoms with E-state index in [0.29, 0.717) is 18.4 Å². The molecule has 0 bridgehead atoms. The monoisotopic (exact) mass is 576 g/mol. The number of rotatable bonds is 4. The van der Waals surface area contributed by atoms with E-state index in [-0.39, 0.29) is 11.0 Å². The van der Waals surface area contributed by atoms with Crippen LogP contribution < -0.4 is 4.57 Å². The van der Waals surface area contributed by atoms with Gasteiger partial charge in [0, 0.05) is 35.6 Å². The summed E-state index contributed by atoms with van der Waals surface area (Å²) in [5.41, 5.74) is 6.00. The fraction of sp³-hybridized carbons (Fsp3) is 0.256. The van der Waals surface area contributed by atoms with Crippen LogP contribution in [-0.4, -0.2) is 0 Å². The van der Waals surface area contributed by atoms with E-state index < -0.39 is 17.3 Å². The average molecular weight is 577 g/mol. The molecule has 0 saturated heterocycles. The first-order valence-corrected chi connectivity index (χ1v) is 15.0. The maximum atomic E-state index is 14.9.